The number of nitrogens with one attached hydrogen (secondary N) is 3. The van der Waals surface area contributed by atoms with Gasteiger partial charge >= 0.3 is 0 Å². The average molecular weight is 418 g/mol. The number of hydrogen-bond donors (Lipinski definition) is 3. The molecule has 1 unspecified atom stereocenters. The van der Waals surface area contributed by atoms with Gasteiger partial charge in [-0.1, -0.05) is 30.3 Å². The first-order valence-corrected chi connectivity index (χ1v) is 10.5. The Morgan fingerprint density at radius 1 is 1.10 bits per heavy atom. The summed E-state index contributed by atoms with van der Waals surface area (Å²) in [5.74, 6) is -1.04. The molecule has 160 valence electrons. The summed E-state index contributed by atoms with van der Waals surface area (Å²) in [6.07, 6.45) is 2.71. The van der Waals surface area contributed by atoms with Crippen LogP contribution in [0.4, 0.5) is 5.69 Å². The fourth-order valence-corrected chi connectivity index (χ4v) is 3.95. The van der Waals surface area contributed by atoms with Crippen LogP contribution in [0.5, 0.6) is 0 Å². The molecule has 0 bridgehead atoms. The Bertz CT molecular complexity index is 1150. The maximum Gasteiger partial charge on any atom is 0.254 e. The van der Waals surface area contributed by atoms with E-state index in [1.807, 2.05) is 12.1 Å². The molecule has 0 saturated carbocycles. The first-order chi connectivity index (χ1) is 14.9. The van der Waals surface area contributed by atoms with E-state index in [9.17, 15) is 14.4 Å². The molecule has 1 aromatic heterocycles. The fourth-order valence-electron chi connectivity index (χ4n) is 3.95. The number of aromatic nitrogens is 1. The first kappa shape index (κ1) is 20.7. The predicted molar refractivity (Wildman–Crippen MR) is 120 cm³/mol. The highest BCUT2D eigenvalue weighted by Crippen LogP contribution is 2.25. The number of para-hydroxylation sites is 2. The third kappa shape index (κ3) is 4.30. The van der Waals surface area contributed by atoms with E-state index in [1.165, 1.54) is 16.5 Å². The molecule has 1 aliphatic heterocycles. The zero-order chi connectivity index (χ0) is 22.0. The van der Waals surface area contributed by atoms with E-state index in [0.717, 1.165) is 0 Å². The molecule has 0 fully saturated rings. The maximum absolute atomic E-state index is 12.5. The molecule has 31 heavy (non-hydrogen) atoms. The number of anilines is 1. The molecule has 0 spiro atoms. The number of rotatable bonds is 6. The van der Waals surface area contributed by atoms with Crippen molar-refractivity contribution >= 4 is 34.3 Å². The lowest BCUT2D eigenvalue weighted by Gasteiger charge is -2.14. The summed E-state index contributed by atoms with van der Waals surface area (Å²) >= 11 is 0. The largest absolute Gasteiger partial charge is 0.356 e. The van der Waals surface area contributed by atoms with Crippen LogP contribution in [-0.4, -0.2) is 34.9 Å². The zero-order valence-corrected chi connectivity index (χ0v) is 17.6. The highest BCUT2D eigenvalue weighted by Gasteiger charge is 2.29. The summed E-state index contributed by atoms with van der Waals surface area (Å²) in [5, 5.41) is 9.43. The minimum atomic E-state index is -0.914. The molecule has 3 amide bonds. The lowest BCUT2D eigenvalue weighted by molar-refractivity contribution is -0.125. The minimum absolute atomic E-state index is 0.112. The molecule has 1 atom stereocenters. The quantitative estimate of drug-likeness (QED) is 0.575. The van der Waals surface area contributed by atoms with E-state index < -0.39 is 11.9 Å². The second kappa shape index (κ2) is 8.63. The van der Waals surface area contributed by atoms with E-state index in [1.54, 1.807) is 24.3 Å². The number of hydrogen-bond acceptors (Lipinski definition) is 3. The van der Waals surface area contributed by atoms with E-state index >= 15 is 0 Å². The highest BCUT2D eigenvalue weighted by molar-refractivity contribution is 6.10. The van der Waals surface area contributed by atoms with E-state index in [4.69, 9.17) is 0 Å². The van der Waals surface area contributed by atoms with Gasteiger partial charge in [-0.15, -0.1) is 0 Å². The van der Waals surface area contributed by atoms with Gasteiger partial charge in [-0.25, -0.2) is 0 Å². The van der Waals surface area contributed by atoms with E-state index in [-0.39, 0.29) is 18.2 Å². The van der Waals surface area contributed by atoms with Crippen LogP contribution in [0.25, 0.3) is 10.9 Å². The van der Waals surface area contributed by atoms with E-state index in [2.05, 4.69) is 52.7 Å². The van der Waals surface area contributed by atoms with Gasteiger partial charge in [0.05, 0.1) is 17.7 Å². The molecule has 2 heterocycles. The second-order valence-electron chi connectivity index (χ2n) is 8.04. The Morgan fingerprint density at radius 2 is 1.84 bits per heavy atom. The summed E-state index contributed by atoms with van der Waals surface area (Å²) in [5.41, 5.74) is 3.19. The van der Waals surface area contributed by atoms with Gasteiger partial charge < -0.3 is 20.5 Å². The maximum atomic E-state index is 12.5. The number of amides is 3. The minimum Gasteiger partial charge on any atom is -0.356 e. The number of carbonyl (C=O) groups is 3. The number of fused-ring (bicyclic) bond motifs is 2. The Morgan fingerprint density at radius 3 is 2.65 bits per heavy atom. The fraction of sp³-hybridized carbons (Fsp3) is 0.292. The van der Waals surface area contributed by atoms with Gasteiger partial charge in [0.1, 0.15) is 6.04 Å². The van der Waals surface area contributed by atoms with Gasteiger partial charge in [-0.2, -0.15) is 0 Å². The molecule has 0 radical (unpaired) electrons. The Hall–Kier alpha value is -3.61. The Kier molecular flexibility index (Phi) is 5.75. The lowest BCUT2D eigenvalue weighted by atomic mass is 10.1. The summed E-state index contributed by atoms with van der Waals surface area (Å²) in [4.78, 5) is 37.3. The molecule has 3 aromatic rings. The third-order valence-corrected chi connectivity index (χ3v) is 5.54. The van der Waals surface area contributed by atoms with Crippen molar-refractivity contribution < 1.29 is 14.4 Å². The van der Waals surface area contributed by atoms with Crippen molar-refractivity contribution in [2.75, 3.05) is 11.9 Å². The molecule has 7 nitrogen and oxygen atoms in total. The first-order valence-electron chi connectivity index (χ1n) is 10.5. The molecule has 0 aliphatic carbocycles. The molecule has 1 aliphatic rings. The average Bonchev–Trinajstić information content (AvgIpc) is 3.07. The third-order valence-electron chi connectivity index (χ3n) is 5.54. The van der Waals surface area contributed by atoms with Crippen LogP contribution in [0.15, 0.2) is 54.7 Å². The SMILES string of the molecule is CC(C)n1cc(CCNC(=O)CC2NC(=O)c3ccccc3NC2=O)c2ccccc21. The van der Waals surface area contributed by atoms with Crippen LogP contribution in [-0.2, 0) is 16.0 Å². The van der Waals surface area contributed by atoms with Crippen LogP contribution >= 0.6 is 0 Å². The molecule has 0 saturated heterocycles. The normalized spacial score (nSPS) is 15.9. The summed E-state index contributed by atoms with van der Waals surface area (Å²) in [6, 6.07) is 14.4. The van der Waals surface area contributed by atoms with Gasteiger partial charge in [0, 0.05) is 29.7 Å². The van der Waals surface area contributed by atoms with Crippen molar-refractivity contribution in [3.8, 4) is 0 Å². The van der Waals surface area contributed by atoms with Gasteiger partial charge in [0.2, 0.25) is 11.8 Å². The van der Waals surface area contributed by atoms with Crippen molar-refractivity contribution in [1.29, 1.82) is 0 Å². The van der Waals surface area contributed by atoms with Crippen molar-refractivity contribution in [3.63, 3.8) is 0 Å². The molecular weight excluding hydrogens is 392 g/mol. The lowest BCUT2D eigenvalue weighted by Crippen LogP contribution is -2.44. The molecule has 2 aromatic carbocycles. The zero-order valence-electron chi connectivity index (χ0n) is 17.6. The Balaban J connectivity index is 1.37. The van der Waals surface area contributed by atoms with Crippen LogP contribution in [0, 0.1) is 0 Å². The summed E-state index contributed by atoms with van der Waals surface area (Å²) in [7, 11) is 0. The monoisotopic (exact) mass is 418 g/mol. The number of nitrogens with zero attached hydrogens (tertiary/aromatic N) is 1. The topological polar surface area (TPSA) is 92.2 Å². The van der Waals surface area contributed by atoms with E-state index in [0.29, 0.717) is 30.3 Å². The van der Waals surface area contributed by atoms with Crippen LogP contribution < -0.4 is 16.0 Å². The van der Waals surface area contributed by atoms with Gasteiger partial charge in [0.25, 0.3) is 5.91 Å². The number of benzene rings is 2. The highest BCUT2D eigenvalue weighted by atomic mass is 16.2. The molecule has 4 rings (SSSR count). The molecule has 7 heteroatoms. The summed E-state index contributed by atoms with van der Waals surface area (Å²) < 4.78 is 2.23. The van der Waals surface area contributed by atoms with Crippen LogP contribution in [0.1, 0.15) is 42.2 Å². The summed E-state index contributed by atoms with van der Waals surface area (Å²) in [6.45, 7) is 4.73. The molecular formula is C24H26N4O3. The van der Waals surface area contributed by atoms with Gasteiger partial charge in [-0.3, -0.25) is 14.4 Å². The molecule has 3 N–H and O–H groups in total. The standard InChI is InChI=1S/C24H26N4O3/c1-15(2)28-14-16(17-7-4-6-10-21(17)28)11-12-25-22(29)13-20-24(31)26-19-9-5-3-8-18(19)23(30)27-20/h3-10,14-15,20H,11-13H2,1-2H3,(H,25,29)(H,26,31)(H,27,30). The van der Waals surface area contributed by atoms with Gasteiger partial charge in [0.15, 0.2) is 0 Å². The predicted octanol–water partition coefficient (Wildman–Crippen LogP) is 3.02. The van der Waals surface area contributed by atoms with Crippen molar-refractivity contribution in [2.24, 2.45) is 0 Å². The van der Waals surface area contributed by atoms with Crippen molar-refractivity contribution in [1.82, 2.24) is 15.2 Å². The van der Waals surface area contributed by atoms with Crippen molar-refractivity contribution in [3.05, 3.63) is 65.9 Å². The van der Waals surface area contributed by atoms with Crippen LogP contribution in [0.3, 0.4) is 0 Å². The second-order valence-corrected chi connectivity index (χ2v) is 8.04. The van der Waals surface area contributed by atoms with Gasteiger partial charge in [-0.05, 0) is 44.0 Å². The van der Waals surface area contributed by atoms with Crippen molar-refractivity contribution in [2.45, 2.75) is 38.8 Å². The number of carbonyl (C=O) groups excluding carboxylic acids is 3. The Labute approximate surface area is 180 Å². The van der Waals surface area contributed by atoms with Crippen LogP contribution in [0.2, 0.25) is 0 Å². The smallest absolute Gasteiger partial charge is 0.254 e.